The highest BCUT2D eigenvalue weighted by atomic mass is 35.5. The van der Waals surface area contributed by atoms with Crippen LogP contribution < -0.4 is 10.5 Å². The Bertz CT molecular complexity index is 907. The van der Waals surface area contributed by atoms with Gasteiger partial charge in [0.05, 0.1) is 11.9 Å². The lowest BCUT2D eigenvalue weighted by atomic mass is 9.95. The Morgan fingerprint density at radius 1 is 1.19 bits per heavy atom. The molecule has 1 aromatic carbocycles. The van der Waals surface area contributed by atoms with Crippen LogP contribution in [0.2, 0.25) is 5.02 Å². The summed E-state index contributed by atoms with van der Waals surface area (Å²) >= 11 is 4.89. The van der Waals surface area contributed by atoms with Crippen LogP contribution in [0.5, 0.6) is 0 Å². The van der Waals surface area contributed by atoms with Crippen molar-refractivity contribution in [2.45, 2.75) is 37.0 Å². The van der Waals surface area contributed by atoms with Crippen LogP contribution in [0.25, 0.3) is 16.9 Å². The van der Waals surface area contributed by atoms with Gasteiger partial charge in [-0.3, -0.25) is 0 Å². The van der Waals surface area contributed by atoms with Gasteiger partial charge >= 0.3 is 0 Å². The number of anilines is 1. The van der Waals surface area contributed by atoms with Gasteiger partial charge in [-0.05, 0) is 49.9 Å². The molecule has 1 saturated carbocycles. The second kappa shape index (κ2) is 7.44. The van der Waals surface area contributed by atoms with Crippen molar-refractivity contribution in [1.29, 1.82) is 0 Å². The number of nitrogens with one attached hydrogen (secondary N) is 1. The van der Waals surface area contributed by atoms with Crippen LogP contribution >= 0.6 is 11.6 Å². The highest BCUT2D eigenvalue weighted by Crippen LogP contribution is 2.26. The Kier molecular flexibility index (Phi) is 5.04. The molecule has 0 spiro atoms. The average molecular weight is 390 g/mol. The molecule has 1 unspecified atom stereocenters. The summed E-state index contributed by atoms with van der Waals surface area (Å²) in [6.45, 7) is 0. The van der Waals surface area contributed by atoms with E-state index in [9.17, 15) is 4.55 Å². The predicted molar refractivity (Wildman–Crippen MR) is 105 cm³/mol. The number of fused-ring (bicyclic) bond motifs is 1. The first-order chi connectivity index (χ1) is 12.6. The number of benzene rings is 1. The molecule has 1 aliphatic carbocycles. The minimum absolute atomic E-state index is 0.117. The first kappa shape index (κ1) is 17.6. The van der Waals surface area contributed by atoms with Gasteiger partial charge in [0.25, 0.3) is 0 Å². The van der Waals surface area contributed by atoms with Gasteiger partial charge < -0.3 is 9.87 Å². The molecule has 0 aliphatic heterocycles. The molecular weight excluding hydrogens is 370 g/mol. The molecule has 4 rings (SSSR count). The summed E-state index contributed by atoms with van der Waals surface area (Å²) in [6, 6.07) is 11.9. The summed E-state index contributed by atoms with van der Waals surface area (Å²) < 4.78 is 13.2. The Labute approximate surface area is 160 Å². The van der Waals surface area contributed by atoms with E-state index in [1.165, 1.54) is 0 Å². The van der Waals surface area contributed by atoms with Gasteiger partial charge in [-0.2, -0.15) is 5.14 Å². The van der Waals surface area contributed by atoms with E-state index < -0.39 is 11.4 Å². The standard InChI is InChI=1S/C18H20ClN5OS/c19-13-3-1-2-12(10-13)16-11-21-18-9-8-17(23-24(16)18)22-14-4-6-15(7-5-14)26(20)25/h1-3,8-11,14-15H,4-7,20H2,(H,22,23). The SMILES string of the molecule is N[S+]([O-])C1CCC(Nc2ccc3ncc(-c4cccc(Cl)c4)n3n2)CC1. The van der Waals surface area contributed by atoms with Crippen molar-refractivity contribution in [3.63, 3.8) is 0 Å². The number of halogens is 1. The predicted octanol–water partition coefficient (Wildman–Crippen LogP) is 3.40. The lowest BCUT2D eigenvalue weighted by molar-refractivity contribution is 0.451. The first-order valence-corrected chi connectivity index (χ1v) is 10.3. The highest BCUT2D eigenvalue weighted by Gasteiger charge is 2.28. The molecule has 6 nitrogen and oxygen atoms in total. The third-order valence-electron chi connectivity index (χ3n) is 4.84. The van der Waals surface area contributed by atoms with Crippen LogP contribution in [0.4, 0.5) is 5.82 Å². The zero-order valence-corrected chi connectivity index (χ0v) is 15.7. The fourth-order valence-corrected chi connectivity index (χ4v) is 4.37. The van der Waals surface area contributed by atoms with Gasteiger partial charge in [-0.25, -0.2) is 9.50 Å². The van der Waals surface area contributed by atoms with Crippen molar-refractivity contribution >= 4 is 34.4 Å². The molecule has 26 heavy (non-hydrogen) atoms. The fourth-order valence-electron chi connectivity index (χ4n) is 3.44. The zero-order valence-electron chi connectivity index (χ0n) is 14.1. The third kappa shape index (κ3) is 3.66. The van der Waals surface area contributed by atoms with Gasteiger partial charge in [-0.1, -0.05) is 23.7 Å². The molecule has 1 fully saturated rings. The normalized spacial score (nSPS) is 21.7. The number of aromatic nitrogens is 3. The smallest absolute Gasteiger partial charge is 0.154 e. The van der Waals surface area contributed by atoms with E-state index in [4.69, 9.17) is 21.8 Å². The van der Waals surface area contributed by atoms with Gasteiger partial charge in [0.2, 0.25) is 0 Å². The molecule has 136 valence electrons. The van der Waals surface area contributed by atoms with Crippen molar-refractivity contribution in [2.24, 2.45) is 5.14 Å². The summed E-state index contributed by atoms with van der Waals surface area (Å²) in [4.78, 5) is 4.42. The van der Waals surface area contributed by atoms with Crippen molar-refractivity contribution in [2.75, 3.05) is 5.32 Å². The molecule has 3 aromatic rings. The summed E-state index contributed by atoms with van der Waals surface area (Å²) in [7, 11) is 0. The van der Waals surface area contributed by atoms with Crippen LogP contribution in [0, 0.1) is 0 Å². The summed E-state index contributed by atoms with van der Waals surface area (Å²) in [5.41, 5.74) is 2.65. The summed E-state index contributed by atoms with van der Waals surface area (Å²) in [5, 5.41) is 14.5. The van der Waals surface area contributed by atoms with E-state index in [1.54, 1.807) is 6.20 Å². The summed E-state index contributed by atoms with van der Waals surface area (Å²) in [6.07, 6.45) is 5.44. The molecular formula is C18H20ClN5OS. The second-order valence-electron chi connectivity index (χ2n) is 6.59. The number of hydrogen-bond acceptors (Lipinski definition) is 5. The molecule has 0 radical (unpaired) electrons. The van der Waals surface area contributed by atoms with E-state index in [0.29, 0.717) is 11.1 Å². The molecule has 2 heterocycles. The van der Waals surface area contributed by atoms with Crippen molar-refractivity contribution in [1.82, 2.24) is 14.6 Å². The van der Waals surface area contributed by atoms with Crippen LogP contribution in [0.3, 0.4) is 0 Å². The van der Waals surface area contributed by atoms with E-state index in [1.807, 2.05) is 40.9 Å². The molecule has 2 aromatic heterocycles. The molecule has 0 saturated heterocycles. The Hall–Kier alpha value is -1.80. The van der Waals surface area contributed by atoms with E-state index in [2.05, 4.69) is 10.3 Å². The van der Waals surface area contributed by atoms with Crippen molar-refractivity contribution < 1.29 is 4.55 Å². The Morgan fingerprint density at radius 2 is 2.00 bits per heavy atom. The summed E-state index contributed by atoms with van der Waals surface area (Å²) in [5.74, 6) is 0.802. The van der Waals surface area contributed by atoms with Crippen molar-refractivity contribution in [3.8, 4) is 11.3 Å². The maximum atomic E-state index is 11.4. The van der Waals surface area contributed by atoms with E-state index >= 15 is 0 Å². The average Bonchev–Trinajstić information content (AvgIpc) is 3.05. The molecule has 0 bridgehead atoms. The second-order valence-corrected chi connectivity index (χ2v) is 8.35. The largest absolute Gasteiger partial charge is 0.598 e. The van der Waals surface area contributed by atoms with Crippen LogP contribution in [0.1, 0.15) is 25.7 Å². The molecule has 0 amide bonds. The fraction of sp³-hybridized carbons (Fsp3) is 0.333. The quantitative estimate of drug-likeness (QED) is 0.667. The molecule has 3 N–H and O–H groups in total. The van der Waals surface area contributed by atoms with Gasteiger partial charge in [-0.15, -0.1) is 5.10 Å². The zero-order chi connectivity index (χ0) is 18.1. The van der Waals surface area contributed by atoms with E-state index in [-0.39, 0.29) is 5.25 Å². The molecule has 8 heteroatoms. The number of rotatable bonds is 4. The number of nitrogens with zero attached hydrogens (tertiary/aromatic N) is 3. The minimum Gasteiger partial charge on any atom is -0.598 e. The Balaban J connectivity index is 1.55. The number of imidazole rings is 1. The van der Waals surface area contributed by atoms with Gasteiger partial charge in [0, 0.05) is 28.0 Å². The van der Waals surface area contributed by atoms with E-state index in [0.717, 1.165) is 48.4 Å². The molecule has 1 aliphatic rings. The van der Waals surface area contributed by atoms with Gasteiger partial charge in [0.15, 0.2) is 5.65 Å². The lowest BCUT2D eigenvalue weighted by Gasteiger charge is -2.28. The monoisotopic (exact) mass is 389 g/mol. The minimum atomic E-state index is -1.22. The maximum absolute atomic E-state index is 11.4. The van der Waals surface area contributed by atoms with Crippen LogP contribution in [-0.2, 0) is 11.4 Å². The number of hydrogen-bond donors (Lipinski definition) is 2. The topological polar surface area (TPSA) is 91.3 Å². The van der Waals surface area contributed by atoms with Gasteiger partial charge in [0.1, 0.15) is 11.1 Å². The highest BCUT2D eigenvalue weighted by molar-refractivity contribution is 7.89. The van der Waals surface area contributed by atoms with Crippen molar-refractivity contribution in [3.05, 3.63) is 47.6 Å². The Morgan fingerprint density at radius 3 is 2.73 bits per heavy atom. The number of nitrogens with two attached hydrogens (primary N) is 1. The third-order valence-corrected chi connectivity index (χ3v) is 6.20. The lowest BCUT2D eigenvalue weighted by Crippen LogP contribution is -2.36. The van der Waals surface area contributed by atoms with Crippen LogP contribution in [0.15, 0.2) is 42.6 Å². The van der Waals surface area contributed by atoms with Crippen LogP contribution in [-0.4, -0.2) is 30.4 Å². The molecule has 1 atom stereocenters. The first-order valence-electron chi connectivity index (χ1n) is 8.62. The maximum Gasteiger partial charge on any atom is 0.154 e.